The monoisotopic (exact) mass is 510 g/mol. The second-order valence-electron chi connectivity index (χ2n) is 9.01. The zero-order chi connectivity index (χ0) is 25.6. The average Bonchev–Trinajstić information content (AvgIpc) is 3.39. The summed E-state index contributed by atoms with van der Waals surface area (Å²) in [4.78, 5) is 27.3. The Morgan fingerprint density at radius 3 is 2.63 bits per heavy atom. The van der Waals surface area contributed by atoms with E-state index in [1.54, 1.807) is 44.0 Å². The lowest BCUT2D eigenvalue weighted by atomic mass is 10.1. The van der Waals surface area contributed by atoms with Crippen LogP contribution in [0.1, 0.15) is 48.1 Å². The Balaban J connectivity index is 1.56. The molecule has 2 aromatic rings. The number of nitrogens with one attached hydrogen (secondary N) is 2. The van der Waals surface area contributed by atoms with Crippen LogP contribution >= 0.6 is 11.6 Å². The smallest absolute Gasteiger partial charge is 0.417 e. The fourth-order valence-electron chi connectivity index (χ4n) is 3.67. The summed E-state index contributed by atoms with van der Waals surface area (Å²) in [6.07, 6.45) is 1.60. The number of Topliss-reactive ketones (excluding diaryl/α,β-unsaturated/α-hetero) is 1. The number of esters is 1. The van der Waals surface area contributed by atoms with Crippen molar-refractivity contribution in [3.05, 3.63) is 64.2 Å². The molecule has 0 radical (unpaired) electrons. The molecule has 2 N–H and O–H groups in total. The molecule has 186 valence electrons. The number of halogens is 4. The number of rotatable bonds is 5. The van der Waals surface area contributed by atoms with Crippen LogP contribution in [0.3, 0.4) is 0 Å². The summed E-state index contributed by atoms with van der Waals surface area (Å²) < 4.78 is 46.4. The molecule has 35 heavy (non-hydrogen) atoms. The first-order valence-electron chi connectivity index (χ1n) is 10.5. The molecule has 1 unspecified atom stereocenters. The van der Waals surface area contributed by atoms with Crippen molar-refractivity contribution in [1.29, 1.82) is 0 Å². The zero-order valence-electron chi connectivity index (χ0n) is 19.0. The van der Waals surface area contributed by atoms with Gasteiger partial charge in [0, 0.05) is 18.0 Å². The molecule has 13 heteroatoms. The van der Waals surface area contributed by atoms with Crippen LogP contribution in [0.25, 0.3) is 6.08 Å². The largest absolute Gasteiger partial charge is 0.457 e. The summed E-state index contributed by atoms with van der Waals surface area (Å²) in [6, 6.07) is 3.22. The summed E-state index contributed by atoms with van der Waals surface area (Å²) in [5.41, 5.74) is 3.04. The first-order chi connectivity index (χ1) is 16.3. The van der Waals surface area contributed by atoms with E-state index in [0.29, 0.717) is 11.4 Å². The molecule has 0 aliphatic carbocycles. The van der Waals surface area contributed by atoms with Gasteiger partial charge in [0.2, 0.25) is 5.66 Å². The van der Waals surface area contributed by atoms with Crippen molar-refractivity contribution in [3.63, 3.8) is 0 Å². The van der Waals surface area contributed by atoms with Crippen LogP contribution in [0.2, 0.25) is 5.02 Å². The lowest BCUT2D eigenvalue weighted by molar-refractivity contribution is -0.165. The SMILES string of the molecule is CC(C)(C)OC(=O)C1(n2nnc3c2C=CN(CC(=O)c2cccc(C(F)(F)F)c2Cl)C3)C=CNN1. The van der Waals surface area contributed by atoms with Gasteiger partial charge in [-0.3, -0.25) is 4.79 Å². The van der Waals surface area contributed by atoms with Crippen molar-refractivity contribution in [2.45, 2.75) is 44.8 Å². The van der Waals surface area contributed by atoms with Gasteiger partial charge in [-0.15, -0.1) is 5.10 Å². The van der Waals surface area contributed by atoms with Gasteiger partial charge in [0.05, 0.1) is 29.4 Å². The topological polar surface area (TPSA) is 101 Å². The molecule has 1 aromatic heterocycles. The Labute approximate surface area is 203 Å². The molecule has 1 atom stereocenters. The van der Waals surface area contributed by atoms with Crippen molar-refractivity contribution >= 4 is 29.4 Å². The number of ether oxygens (including phenoxy) is 1. The normalized spacial score (nSPS) is 19.5. The molecule has 0 bridgehead atoms. The third kappa shape index (κ3) is 4.76. The Hall–Kier alpha value is -3.38. The number of aromatic nitrogens is 3. The van der Waals surface area contributed by atoms with Gasteiger partial charge in [-0.2, -0.15) is 18.6 Å². The van der Waals surface area contributed by atoms with Crippen LogP contribution in [0.4, 0.5) is 13.2 Å². The Bertz CT molecular complexity index is 1230. The summed E-state index contributed by atoms with van der Waals surface area (Å²) in [6.45, 7) is 5.13. The molecular weight excluding hydrogens is 489 g/mol. The number of hydrogen-bond acceptors (Lipinski definition) is 8. The van der Waals surface area contributed by atoms with Crippen molar-refractivity contribution in [2.75, 3.05) is 6.54 Å². The minimum absolute atomic E-state index is 0.135. The van der Waals surface area contributed by atoms with Crippen molar-refractivity contribution in [2.24, 2.45) is 0 Å². The lowest BCUT2D eigenvalue weighted by Crippen LogP contribution is -2.56. The molecule has 9 nitrogen and oxygen atoms in total. The number of benzene rings is 1. The molecule has 0 spiro atoms. The number of hydrazine groups is 1. The van der Waals surface area contributed by atoms with Crippen LogP contribution in [0.15, 0.2) is 36.7 Å². The maximum Gasteiger partial charge on any atom is 0.417 e. The van der Waals surface area contributed by atoms with Gasteiger partial charge in [-0.1, -0.05) is 22.9 Å². The minimum atomic E-state index is -4.67. The summed E-state index contributed by atoms with van der Waals surface area (Å²) >= 11 is 5.89. The Morgan fingerprint density at radius 1 is 1.26 bits per heavy atom. The number of nitrogens with zero attached hydrogens (tertiary/aromatic N) is 4. The molecule has 4 rings (SSSR count). The molecule has 2 aliphatic rings. The van der Waals surface area contributed by atoms with Gasteiger partial charge < -0.3 is 15.1 Å². The van der Waals surface area contributed by atoms with Gasteiger partial charge in [-0.05, 0) is 45.1 Å². The Morgan fingerprint density at radius 2 is 2.00 bits per heavy atom. The van der Waals surface area contributed by atoms with Crippen LogP contribution in [-0.4, -0.2) is 43.8 Å². The Kier molecular flexibility index (Phi) is 6.14. The molecule has 2 aliphatic heterocycles. The van der Waals surface area contributed by atoms with Gasteiger partial charge in [0.15, 0.2) is 5.78 Å². The summed E-state index contributed by atoms with van der Waals surface area (Å²) in [7, 11) is 0. The minimum Gasteiger partial charge on any atom is -0.457 e. The van der Waals surface area contributed by atoms with Gasteiger partial charge in [-0.25, -0.2) is 9.48 Å². The first kappa shape index (κ1) is 24.7. The van der Waals surface area contributed by atoms with E-state index >= 15 is 0 Å². The highest BCUT2D eigenvalue weighted by Crippen LogP contribution is 2.36. The fourth-order valence-corrected chi connectivity index (χ4v) is 4.01. The quantitative estimate of drug-likeness (QED) is 0.467. The first-order valence-corrected chi connectivity index (χ1v) is 10.9. The number of hydrogen-bond donors (Lipinski definition) is 2. The standard InChI is InChI=1S/C22H22ClF3N6O3/c1-20(2,3)35-19(34)21(8-9-27-29-21)32-16-7-10-31(11-15(16)28-30-32)12-17(33)13-5-4-6-14(18(13)23)22(24,25)26/h4-10,27,29H,11-12H2,1-3H3. The highest BCUT2D eigenvalue weighted by Gasteiger charge is 2.46. The lowest BCUT2D eigenvalue weighted by Gasteiger charge is -2.31. The number of ketones is 1. The van der Waals surface area contributed by atoms with Crippen LogP contribution in [-0.2, 0) is 27.9 Å². The summed E-state index contributed by atoms with van der Waals surface area (Å²) in [5, 5.41) is 7.64. The number of fused-ring (bicyclic) bond motifs is 1. The molecule has 0 fully saturated rings. The van der Waals surface area contributed by atoms with Gasteiger partial charge >= 0.3 is 12.1 Å². The maximum absolute atomic E-state index is 13.1. The van der Waals surface area contributed by atoms with Gasteiger partial charge in [0.25, 0.3) is 0 Å². The van der Waals surface area contributed by atoms with E-state index in [1.807, 2.05) is 0 Å². The van der Waals surface area contributed by atoms with E-state index in [1.165, 1.54) is 16.9 Å². The van der Waals surface area contributed by atoms with E-state index in [9.17, 15) is 22.8 Å². The highest BCUT2D eigenvalue weighted by molar-refractivity contribution is 6.34. The molecule has 0 saturated heterocycles. The molecular formula is C22H22ClF3N6O3. The zero-order valence-corrected chi connectivity index (χ0v) is 19.7. The van der Waals surface area contributed by atoms with E-state index in [4.69, 9.17) is 16.3 Å². The van der Waals surface area contributed by atoms with Crippen LogP contribution in [0.5, 0.6) is 0 Å². The van der Waals surface area contributed by atoms with Crippen molar-refractivity contribution < 1.29 is 27.5 Å². The molecule has 0 amide bonds. The maximum atomic E-state index is 13.1. The predicted octanol–water partition coefficient (Wildman–Crippen LogP) is 3.24. The van der Waals surface area contributed by atoms with Gasteiger partial charge in [0.1, 0.15) is 11.3 Å². The van der Waals surface area contributed by atoms with E-state index in [0.717, 1.165) is 12.1 Å². The van der Waals surface area contributed by atoms with E-state index in [2.05, 4.69) is 21.2 Å². The van der Waals surface area contributed by atoms with Crippen LogP contribution < -0.4 is 10.9 Å². The second-order valence-corrected chi connectivity index (χ2v) is 9.39. The molecule has 0 saturated carbocycles. The number of carbonyl (C=O) groups excluding carboxylic acids is 2. The van der Waals surface area contributed by atoms with E-state index < -0.39 is 39.8 Å². The van der Waals surface area contributed by atoms with Crippen molar-refractivity contribution in [3.8, 4) is 0 Å². The number of carbonyl (C=O) groups is 2. The second kappa shape index (κ2) is 8.68. The third-order valence-electron chi connectivity index (χ3n) is 5.24. The van der Waals surface area contributed by atoms with Crippen molar-refractivity contribution in [1.82, 2.24) is 30.7 Å². The summed E-state index contributed by atoms with van der Waals surface area (Å²) in [5.74, 6) is -1.19. The molecule has 3 heterocycles. The highest BCUT2D eigenvalue weighted by atomic mass is 35.5. The molecule has 1 aromatic carbocycles. The predicted molar refractivity (Wildman–Crippen MR) is 119 cm³/mol. The number of alkyl halides is 3. The van der Waals surface area contributed by atoms with Crippen LogP contribution in [0, 0.1) is 0 Å². The van der Waals surface area contributed by atoms with E-state index in [-0.39, 0.29) is 18.7 Å². The average molecular weight is 511 g/mol. The third-order valence-corrected chi connectivity index (χ3v) is 5.65. The fraction of sp³-hybridized carbons (Fsp3) is 0.364.